The summed E-state index contributed by atoms with van der Waals surface area (Å²) in [5.41, 5.74) is 0. The van der Waals surface area contributed by atoms with Crippen molar-refractivity contribution in [3.63, 3.8) is 0 Å². The van der Waals surface area contributed by atoms with Crippen LogP contribution in [0.5, 0.6) is 0 Å². The molecule has 1 aliphatic rings. The molecule has 1 saturated heterocycles. The number of allylic oxidation sites excluding steroid dienone is 7. The van der Waals surface area contributed by atoms with Crippen LogP contribution in [-0.4, -0.2) is 98.7 Å². The molecule has 0 aromatic carbocycles. The van der Waals surface area contributed by atoms with Crippen LogP contribution in [0.25, 0.3) is 0 Å². The molecule has 1 fully saturated rings. The lowest BCUT2D eigenvalue weighted by Crippen LogP contribution is -2.60. The van der Waals surface area contributed by atoms with Crippen molar-refractivity contribution in [2.75, 3.05) is 13.2 Å². The predicted octanol–water partition coefficient (Wildman–Crippen LogP) is 10.4. The highest BCUT2D eigenvalue weighted by Gasteiger charge is 2.44. The van der Waals surface area contributed by atoms with Gasteiger partial charge < -0.3 is 45.4 Å². The fraction of sp³-hybridized carbons (Fsp3) is 0.827. The summed E-state index contributed by atoms with van der Waals surface area (Å²) < 4.78 is 11.1. The van der Waals surface area contributed by atoms with Crippen LogP contribution in [0.4, 0.5) is 0 Å². The van der Waals surface area contributed by atoms with Crippen LogP contribution in [0, 0.1) is 0 Å². The monoisotopic (exact) mass is 878 g/mol. The average Bonchev–Trinajstić information content (AvgIpc) is 3.27. The minimum absolute atomic E-state index is 0.295. The van der Waals surface area contributed by atoms with Crippen molar-refractivity contribution in [1.82, 2.24) is 5.32 Å². The van der Waals surface area contributed by atoms with Gasteiger partial charge in [-0.05, 0) is 70.6 Å². The minimum atomic E-state index is -1.62. The summed E-state index contributed by atoms with van der Waals surface area (Å²) in [6.45, 7) is 3.57. The standard InChI is InChI=1S/C52H95NO9/c1-3-5-7-9-11-13-15-17-19-20-21-22-23-24-25-26-27-29-31-33-35-37-39-41-46(56)51(60)53-44(43-61-52-50(59)49(58)48(57)47(42-54)62-52)45(55)40-38-36-34-32-30-28-18-16-14-12-10-8-6-4-2/h14,16,24-25,30,32,38,40,44-50,52,54-59H,3-13,15,17-23,26-29,31,33-37,39,41-43H2,1-2H3,(H,53,60)/b16-14+,25-24-,32-30+,40-38+. The molecule has 8 atom stereocenters. The van der Waals surface area contributed by atoms with E-state index in [9.17, 15) is 35.4 Å². The lowest BCUT2D eigenvalue weighted by Gasteiger charge is -2.40. The highest BCUT2D eigenvalue weighted by Crippen LogP contribution is 2.23. The SMILES string of the molecule is CCCCCC/C=C/CC/C=C/CC/C=C/C(O)C(COC1OC(CO)C(O)C(O)C1O)NC(=O)C(O)CCCCCCCCC/C=C\CCCCCCCCCCCCCC. The largest absolute Gasteiger partial charge is 0.394 e. The summed E-state index contributed by atoms with van der Waals surface area (Å²) >= 11 is 0. The molecule has 0 spiro atoms. The number of amides is 1. The molecule has 0 aromatic heterocycles. The molecule has 0 saturated carbocycles. The zero-order valence-corrected chi connectivity index (χ0v) is 39.5. The first-order valence-corrected chi connectivity index (χ1v) is 25.5. The molecule has 1 heterocycles. The average molecular weight is 878 g/mol. The van der Waals surface area contributed by atoms with E-state index in [1.165, 1.54) is 128 Å². The maximum atomic E-state index is 13.1. The summed E-state index contributed by atoms with van der Waals surface area (Å²) in [6, 6.07) is -1.01. The maximum Gasteiger partial charge on any atom is 0.249 e. The quantitative estimate of drug-likeness (QED) is 0.0233. The smallest absolute Gasteiger partial charge is 0.249 e. The first-order chi connectivity index (χ1) is 30.3. The molecule has 0 aliphatic carbocycles. The molecular formula is C52H95NO9. The van der Waals surface area contributed by atoms with Crippen molar-refractivity contribution in [1.29, 1.82) is 0 Å². The van der Waals surface area contributed by atoms with Crippen LogP contribution in [0.2, 0.25) is 0 Å². The minimum Gasteiger partial charge on any atom is -0.394 e. The van der Waals surface area contributed by atoms with E-state index in [4.69, 9.17) is 9.47 Å². The van der Waals surface area contributed by atoms with E-state index < -0.39 is 61.5 Å². The lowest BCUT2D eigenvalue weighted by molar-refractivity contribution is -0.302. The highest BCUT2D eigenvalue weighted by atomic mass is 16.7. The number of unbranched alkanes of at least 4 members (excludes halogenated alkanes) is 25. The van der Waals surface area contributed by atoms with Crippen molar-refractivity contribution >= 4 is 5.91 Å². The van der Waals surface area contributed by atoms with Gasteiger partial charge in [-0.3, -0.25) is 4.79 Å². The van der Waals surface area contributed by atoms with Crippen molar-refractivity contribution in [2.45, 2.75) is 262 Å². The summed E-state index contributed by atoms with van der Waals surface area (Å²) in [5, 5.41) is 64.7. The third kappa shape index (κ3) is 31.1. The summed E-state index contributed by atoms with van der Waals surface area (Å²) in [5.74, 6) is -0.635. The van der Waals surface area contributed by atoms with E-state index in [2.05, 4.69) is 55.6 Å². The molecule has 8 unspecified atom stereocenters. The molecule has 7 N–H and O–H groups in total. The van der Waals surface area contributed by atoms with E-state index in [1.807, 2.05) is 6.08 Å². The molecule has 1 rings (SSSR count). The lowest BCUT2D eigenvalue weighted by atomic mass is 9.99. The maximum absolute atomic E-state index is 13.1. The number of hydrogen-bond donors (Lipinski definition) is 7. The van der Waals surface area contributed by atoms with Gasteiger partial charge >= 0.3 is 0 Å². The van der Waals surface area contributed by atoms with Crippen LogP contribution in [0.3, 0.4) is 0 Å². The Labute approximate surface area is 378 Å². The molecule has 0 radical (unpaired) electrons. The second-order valence-electron chi connectivity index (χ2n) is 17.7. The first kappa shape index (κ1) is 58.1. The van der Waals surface area contributed by atoms with Crippen LogP contribution in [-0.2, 0) is 14.3 Å². The second kappa shape index (κ2) is 41.8. The molecule has 1 aliphatic heterocycles. The van der Waals surface area contributed by atoms with E-state index in [1.54, 1.807) is 6.08 Å². The van der Waals surface area contributed by atoms with Gasteiger partial charge in [0.15, 0.2) is 6.29 Å². The Morgan fingerprint density at radius 3 is 1.42 bits per heavy atom. The van der Waals surface area contributed by atoms with Gasteiger partial charge in [0.05, 0.1) is 25.4 Å². The number of ether oxygens (including phenoxy) is 2. The molecular weight excluding hydrogens is 783 g/mol. The van der Waals surface area contributed by atoms with Gasteiger partial charge in [0.2, 0.25) is 5.91 Å². The molecule has 10 nitrogen and oxygen atoms in total. The fourth-order valence-corrected chi connectivity index (χ4v) is 7.78. The fourth-order valence-electron chi connectivity index (χ4n) is 7.78. The number of carbonyl (C=O) groups excluding carboxylic acids is 1. The second-order valence-corrected chi connectivity index (χ2v) is 17.7. The zero-order chi connectivity index (χ0) is 45.3. The highest BCUT2D eigenvalue weighted by molar-refractivity contribution is 5.80. The predicted molar refractivity (Wildman–Crippen MR) is 255 cm³/mol. The zero-order valence-electron chi connectivity index (χ0n) is 39.5. The number of nitrogens with one attached hydrogen (secondary N) is 1. The van der Waals surface area contributed by atoms with Crippen LogP contribution < -0.4 is 5.32 Å². The van der Waals surface area contributed by atoms with Crippen molar-refractivity contribution in [3.8, 4) is 0 Å². The van der Waals surface area contributed by atoms with Crippen molar-refractivity contribution < 1.29 is 44.9 Å². The number of carbonyl (C=O) groups is 1. The molecule has 62 heavy (non-hydrogen) atoms. The summed E-state index contributed by atoms with van der Waals surface area (Å²) in [4.78, 5) is 13.1. The third-order valence-electron chi connectivity index (χ3n) is 12.0. The topological polar surface area (TPSA) is 169 Å². The number of aliphatic hydroxyl groups is 6. The van der Waals surface area contributed by atoms with Crippen molar-refractivity contribution in [2.24, 2.45) is 0 Å². The van der Waals surface area contributed by atoms with Crippen LogP contribution in [0.15, 0.2) is 48.6 Å². The van der Waals surface area contributed by atoms with Gasteiger partial charge in [-0.15, -0.1) is 0 Å². The normalized spacial score (nSPS) is 21.2. The van der Waals surface area contributed by atoms with Gasteiger partial charge in [0, 0.05) is 0 Å². The molecule has 0 aromatic rings. The third-order valence-corrected chi connectivity index (χ3v) is 12.0. The van der Waals surface area contributed by atoms with Gasteiger partial charge in [0.1, 0.15) is 30.5 Å². The molecule has 0 bridgehead atoms. The Bertz CT molecular complexity index is 1130. The van der Waals surface area contributed by atoms with E-state index in [0.717, 1.165) is 51.4 Å². The Morgan fingerprint density at radius 2 is 0.952 bits per heavy atom. The van der Waals surface area contributed by atoms with Crippen LogP contribution >= 0.6 is 0 Å². The van der Waals surface area contributed by atoms with Crippen LogP contribution in [0.1, 0.15) is 213 Å². The van der Waals surface area contributed by atoms with E-state index in [0.29, 0.717) is 19.3 Å². The Kier molecular flexibility index (Phi) is 39.2. The Balaban J connectivity index is 2.34. The molecule has 1 amide bonds. The molecule has 362 valence electrons. The van der Waals surface area contributed by atoms with Gasteiger partial charge in [0.25, 0.3) is 0 Å². The van der Waals surface area contributed by atoms with Gasteiger partial charge in [-0.25, -0.2) is 0 Å². The number of hydrogen-bond acceptors (Lipinski definition) is 9. The molecule has 10 heteroatoms. The van der Waals surface area contributed by atoms with Gasteiger partial charge in [-0.1, -0.05) is 191 Å². The number of aliphatic hydroxyl groups excluding tert-OH is 6. The number of rotatable bonds is 42. The Morgan fingerprint density at radius 1 is 0.548 bits per heavy atom. The van der Waals surface area contributed by atoms with Crippen molar-refractivity contribution in [3.05, 3.63) is 48.6 Å². The Hall–Kier alpha value is -1.89. The van der Waals surface area contributed by atoms with E-state index in [-0.39, 0.29) is 6.61 Å². The summed E-state index contributed by atoms with van der Waals surface area (Å²) in [7, 11) is 0. The van der Waals surface area contributed by atoms with E-state index >= 15 is 0 Å². The van der Waals surface area contributed by atoms with Gasteiger partial charge in [-0.2, -0.15) is 0 Å². The first-order valence-electron chi connectivity index (χ1n) is 25.5. The summed E-state index contributed by atoms with van der Waals surface area (Å²) in [6.07, 6.45) is 43.5.